The van der Waals surface area contributed by atoms with Crippen molar-refractivity contribution in [3.05, 3.63) is 46.0 Å². The first-order valence-corrected chi connectivity index (χ1v) is 7.81. The third-order valence-electron chi connectivity index (χ3n) is 3.62. The summed E-state index contributed by atoms with van der Waals surface area (Å²) in [5, 5.41) is 8.77. The van der Waals surface area contributed by atoms with Gasteiger partial charge in [-0.2, -0.15) is 5.10 Å². The molecule has 2 aromatic rings. The van der Waals surface area contributed by atoms with Gasteiger partial charge in [-0.25, -0.2) is 0 Å². The van der Waals surface area contributed by atoms with Gasteiger partial charge in [-0.3, -0.25) is 9.67 Å². The molecule has 2 heterocycles. The molecule has 4 nitrogen and oxygen atoms in total. The van der Waals surface area contributed by atoms with E-state index in [4.69, 9.17) is 11.6 Å². The van der Waals surface area contributed by atoms with Crippen LogP contribution >= 0.6 is 11.6 Å². The van der Waals surface area contributed by atoms with Crippen LogP contribution in [0.2, 0.25) is 5.02 Å². The number of rotatable bonds is 6. The van der Waals surface area contributed by atoms with Crippen LogP contribution in [0.5, 0.6) is 0 Å². The highest BCUT2D eigenvalue weighted by Crippen LogP contribution is 2.25. The van der Waals surface area contributed by atoms with Crippen molar-refractivity contribution in [3.63, 3.8) is 0 Å². The topological polar surface area (TPSA) is 42.7 Å². The fourth-order valence-corrected chi connectivity index (χ4v) is 2.89. The van der Waals surface area contributed by atoms with Gasteiger partial charge in [0.15, 0.2) is 0 Å². The molecule has 1 atom stereocenters. The van der Waals surface area contributed by atoms with Crippen LogP contribution in [-0.2, 0) is 19.9 Å². The molecule has 0 amide bonds. The van der Waals surface area contributed by atoms with Crippen molar-refractivity contribution >= 4 is 11.6 Å². The van der Waals surface area contributed by atoms with Crippen LogP contribution in [0.15, 0.2) is 18.2 Å². The zero-order chi connectivity index (χ0) is 15.4. The number of halogens is 1. The summed E-state index contributed by atoms with van der Waals surface area (Å²) < 4.78 is 1.89. The largest absolute Gasteiger partial charge is 0.309 e. The number of nitrogens with zero attached hydrogens (tertiary/aromatic N) is 3. The van der Waals surface area contributed by atoms with Gasteiger partial charge >= 0.3 is 0 Å². The Bertz CT molecular complexity index is 606. The van der Waals surface area contributed by atoms with Crippen LogP contribution < -0.4 is 5.32 Å². The number of hydrogen-bond acceptors (Lipinski definition) is 3. The number of aryl methyl sites for hydroxylation is 3. The minimum atomic E-state index is 0.146. The molecule has 1 N–H and O–H groups in total. The fourth-order valence-electron chi connectivity index (χ4n) is 2.52. The molecule has 2 aromatic heterocycles. The summed E-state index contributed by atoms with van der Waals surface area (Å²) >= 11 is 6.46. The molecule has 0 aliphatic carbocycles. The van der Waals surface area contributed by atoms with E-state index in [1.807, 2.05) is 30.8 Å². The van der Waals surface area contributed by atoms with Crippen LogP contribution in [0.25, 0.3) is 0 Å². The van der Waals surface area contributed by atoms with Crippen molar-refractivity contribution in [1.82, 2.24) is 20.1 Å². The number of hydrogen-bond donors (Lipinski definition) is 1. The lowest BCUT2D eigenvalue weighted by Gasteiger charge is -2.18. The van der Waals surface area contributed by atoms with Gasteiger partial charge in [0.2, 0.25) is 0 Å². The Morgan fingerprint density at radius 1 is 1.33 bits per heavy atom. The summed E-state index contributed by atoms with van der Waals surface area (Å²) in [5.74, 6) is 0. The van der Waals surface area contributed by atoms with E-state index in [1.165, 1.54) is 0 Å². The molecular formula is C16H23ClN4. The number of nitrogens with one attached hydrogen (secondary N) is 1. The first kappa shape index (κ1) is 16.0. The van der Waals surface area contributed by atoms with E-state index in [0.29, 0.717) is 0 Å². The highest BCUT2D eigenvalue weighted by Gasteiger charge is 2.19. The van der Waals surface area contributed by atoms with Crippen LogP contribution in [0.1, 0.15) is 42.7 Å². The maximum Gasteiger partial charge on any atom is 0.0850 e. The fraction of sp³-hybridized carbons (Fsp3) is 0.500. The summed E-state index contributed by atoms with van der Waals surface area (Å²) in [6, 6.07) is 6.27. The minimum Gasteiger partial charge on any atom is -0.309 e. The number of pyridine rings is 1. The summed E-state index contributed by atoms with van der Waals surface area (Å²) in [7, 11) is 1.95. The van der Waals surface area contributed by atoms with Gasteiger partial charge in [-0.1, -0.05) is 31.5 Å². The van der Waals surface area contributed by atoms with Crippen LogP contribution in [-0.4, -0.2) is 21.3 Å². The Morgan fingerprint density at radius 3 is 2.67 bits per heavy atom. The van der Waals surface area contributed by atoms with Crippen molar-refractivity contribution in [2.45, 2.75) is 39.7 Å². The van der Waals surface area contributed by atoms with Gasteiger partial charge in [0.05, 0.1) is 28.1 Å². The molecule has 0 aliphatic heterocycles. The molecule has 5 heteroatoms. The van der Waals surface area contributed by atoms with Gasteiger partial charge < -0.3 is 5.32 Å². The molecule has 0 fully saturated rings. The van der Waals surface area contributed by atoms with Crippen LogP contribution in [0.3, 0.4) is 0 Å². The molecule has 0 aromatic carbocycles. The number of likely N-dealkylation sites (N-methyl/N-ethyl adjacent to an activating group) is 1. The zero-order valence-corrected chi connectivity index (χ0v) is 13.9. The van der Waals surface area contributed by atoms with E-state index >= 15 is 0 Å². The van der Waals surface area contributed by atoms with Gasteiger partial charge in [0, 0.05) is 19.2 Å². The SMILES string of the molecule is CCNC(Cc1c(Cl)c(CC)nn1C)c1cccc(C)n1. The van der Waals surface area contributed by atoms with Crippen molar-refractivity contribution in [2.75, 3.05) is 6.54 Å². The molecule has 0 saturated heterocycles. The highest BCUT2D eigenvalue weighted by atomic mass is 35.5. The molecule has 0 bridgehead atoms. The van der Waals surface area contributed by atoms with Crippen molar-refractivity contribution in [2.24, 2.45) is 7.05 Å². The molecular weight excluding hydrogens is 284 g/mol. The van der Waals surface area contributed by atoms with Crippen LogP contribution in [0, 0.1) is 6.92 Å². The first-order chi connectivity index (χ1) is 10.1. The van der Waals surface area contributed by atoms with E-state index in [0.717, 1.165) is 47.2 Å². The highest BCUT2D eigenvalue weighted by molar-refractivity contribution is 6.31. The summed E-state index contributed by atoms with van der Waals surface area (Å²) in [4.78, 5) is 4.64. The van der Waals surface area contributed by atoms with E-state index in [2.05, 4.69) is 35.3 Å². The molecule has 1 unspecified atom stereocenters. The van der Waals surface area contributed by atoms with Gasteiger partial charge in [-0.05, 0) is 32.0 Å². The molecule has 0 radical (unpaired) electrons. The number of aromatic nitrogens is 3. The average Bonchev–Trinajstić information content (AvgIpc) is 2.74. The van der Waals surface area contributed by atoms with E-state index in [9.17, 15) is 0 Å². The average molecular weight is 307 g/mol. The summed E-state index contributed by atoms with van der Waals surface area (Å²) in [5.41, 5.74) is 4.09. The second-order valence-corrected chi connectivity index (χ2v) is 5.58. The quantitative estimate of drug-likeness (QED) is 0.891. The third kappa shape index (κ3) is 3.63. The monoisotopic (exact) mass is 306 g/mol. The lowest BCUT2D eigenvalue weighted by Crippen LogP contribution is -2.25. The second-order valence-electron chi connectivity index (χ2n) is 5.20. The lowest BCUT2D eigenvalue weighted by atomic mass is 10.1. The normalized spacial score (nSPS) is 12.6. The Kier molecular flexibility index (Phi) is 5.37. The smallest absolute Gasteiger partial charge is 0.0850 e. The van der Waals surface area contributed by atoms with Gasteiger partial charge in [0.1, 0.15) is 0 Å². The Labute approximate surface area is 131 Å². The molecule has 2 rings (SSSR count). The van der Waals surface area contributed by atoms with Crippen LogP contribution in [0.4, 0.5) is 0 Å². The van der Waals surface area contributed by atoms with Crippen molar-refractivity contribution in [3.8, 4) is 0 Å². The maximum atomic E-state index is 6.46. The first-order valence-electron chi connectivity index (χ1n) is 7.44. The molecule has 21 heavy (non-hydrogen) atoms. The van der Waals surface area contributed by atoms with E-state index in [1.54, 1.807) is 0 Å². The van der Waals surface area contributed by atoms with E-state index in [-0.39, 0.29) is 6.04 Å². The maximum absolute atomic E-state index is 6.46. The Balaban J connectivity index is 2.30. The Morgan fingerprint density at radius 2 is 2.10 bits per heavy atom. The summed E-state index contributed by atoms with van der Waals surface area (Å²) in [6.07, 6.45) is 1.63. The van der Waals surface area contributed by atoms with Gasteiger partial charge in [0.25, 0.3) is 0 Å². The Hall–Kier alpha value is -1.39. The lowest BCUT2D eigenvalue weighted by molar-refractivity contribution is 0.516. The predicted molar refractivity (Wildman–Crippen MR) is 86.7 cm³/mol. The van der Waals surface area contributed by atoms with Crippen molar-refractivity contribution < 1.29 is 0 Å². The zero-order valence-electron chi connectivity index (χ0n) is 13.2. The minimum absolute atomic E-state index is 0.146. The van der Waals surface area contributed by atoms with Gasteiger partial charge in [-0.15, -0.1) is 0 Å². The standard InChI is InChI=1S/C16H23ClN4/c1-5-12-16(17)15(21(4)20-12)10-14(18-6-2)13-9-7-8-11(3)19-13/h7-9,14,18H,5-6,10H2,1-4H3. The summed E-state index contributed by atoms with van der Waals surface area (Å²) in [6.45, 7) is 7.07. The van der Waals surface area contributed by atoms with Crippen molar-refractivity contribution in [1.29, 1.82) is 0 Å². The molecule has 0 saturated carbocycles. The van der Waals surface area contributed by atoms with E-state index < -0.39 is 0 Å². The molecule has 0 spiro atoms. The molecule has 0 aliphatic rings. The molecule has 114 valence electrons. The third-order valence-corrected chi connectivity index (χ3v) is 4.05. The predicted octanol–water partition coefficient (Wildman–Crippen LogP) is 3.23. The second kappa shape index (κ2) is 7.05.